The summed E-state index contributed by atoms with van der Waals surface area (Å²) < 4.78 is 0. The van der Waals surface area contributed by atoms with E-state index in [1.807, 2.05) is 13.0 Å². The van der Waals surface area contributed by atoms with Crippen molar-refractivity contribution in [2.75, 3.05) is 0 Å². The van der Waals surface area contributed by atoms with Gasteiger partial charge in [0.2, 0.25) is 0 Å². The second-order valence-corrected chi connectivity index (χ2v) is 7.17. The summed E-state index contributed by atoms with van der Waals surface area (Å²) >= 11 is 21.9. The summed E-state index contributed by atoms with van der Waals surface area (Å²) in [5, 5.41) is 0.00495. The number of allylic oxidation sites excluding steroid dienone is 1. The highest BCUT2D eigenvalue weighted by Crippen LogP contribution is 2.50. The summed E-state index contributed by atoms with van der Waals surface area (Å²) in [6.07, 6.45) is 3.69. The summed E-state index contributed by atoms with van der Waals surface area (Å²) in [6.45, 7) is 4.14. The van der Waals surface area contributed by atoms with Crippen LogP contribution in [0, 0.1) is 5.41 Å². The Hall–Kier alpha value is 1.09. The molecule has 0 radical (unpaired) electrons. The molecular formula is C10H14BrCl3. The molecule has 0 aromatic carbocycles. The molecule has 4 atom stereocenters. The van der Waals surface area contributed by atoms with Gasteiger partial charge >= 0.3 is 0 Å². The van der Waals surface area contributed by atoms with Gasteiger partial charge in [0.25, 0.3) is 0 Å². The molecule has 0 N–H and O–H groups in total. The van der Waals surface area contributed by atoms with Crippen molar-refractivity contribution in [3.8, 4) is 0 Å². The van der Waals surface area contributed by atoms with Crippen LogP contribution in [-0.4, -0.2) is 15.1 Å². The molecule has 0 amide bonds. The monoisotopic (exact) mass is 318 g/mol. The Morgan fingerprint density at radius 2 is 2.00 bits per heavy atom. The second kappa shape index (κ2) is 4.53. The van der Waals surface area contributed by atoms with Gasteiger partial charge in [-0.3, -0.25) is 0 Å². The summed E-state index contributed by atoms with van der Waals surface area (Å²) in [7, 11) is 0. The van der Waals surface area contributed by atoms with Gasteiger partial charge in [0.1, 0.15) is 0 Å². The van der Waals surface area contributed by atoms with Gasteiger partial charge in [-0.2, -0.15) is 0 Å². The van der Waals surface area contributed by atoms with Crippen molar-refractivity contribution in [3.63, 3.8) is 0 Å². The van der Waals surface area contributed by atoms with Crippen LogP contribution < -0.4 is 0 Å². The highest BCUT2D eigenvalue weighted by atomic mass is 79.9. The number of hydrogen-bond donors (Lipinski definition) is 0. The van der Waals surface area contributed by atoms with E-state index < -0.39 is 0 Å². The Morgan fingerprint density at radius 1 is 1.43 bits per heavy atom. The molecule has 1 saturated carbocycles. The van der Waals surface area contributed by atoms with Crippen molar-refractivity contribution >= 4 is 50.7 Å². The number of alkyl halides is 3. The minimum atomic E-state index is -0.350. The van der Waals surface area contributed by atoms with Crippen molar-refractivity contribution in [2.24, 2.45) is 5.41 Å². The Balaban J connectivity index is 2.89. The van der Waals surface area contributed by atoms with E-state index >= 15 is 0 Å². The maximum absolute atomic E-state index is 6.38. The van der Waals surface area contributed by atoms with Gasteiger partial charge in [-0.25, -0.2) is 0 Å². The average molecular weight is 320 g/mol. The Kier molecular flexibility index (Phi) is 4.26. The van der Waals surface area contributed by atoms with Gasteiger partial charge in [-0.05, 0) is 19.8 Å². The minimum Gasteiger partial charge on any atom is -0.121 e. The molecule has 1 aliphatic rings. The third-order valence-electron chi connectivity index (χ3n) is 2.95. The quantitative estimate of drug-likeness (QED) is 0.602. The fraction of sp³-hybridized carbons (Fsp3) is 0.800. The van der Waals surface area contributed by atoms with E-state index in [4.69, 9.17) is 34.8 Å². The first kappa shape index (κ1) is 13.2. The molecule has 0 bridgehead atoms. The fourth-order valence-corrected chi connectivity index (χ4v) is 3.79. The van der Waals surface area contributed by atoms with E-state index in [0.717, 1.165) is 12.8 Å². The smallest absolute Gasteiger partial charge is 0.0590 e. The first-order valence-corrected chi connectivity index (χ1v) is 6.73. The van der Waals surface area contributed by atoms with Crippen LogP contribution in [0.3, 0.4) is 0 Å². The Bertz CT molecular complexity index is 240. The van der Waals surface area contributed by atoms with Crippen LogP contribution in [0.2, 0.25) is 0 Å². The molecule has 82 valence electrons. The van der Waals surface area contributed by atoms with Crippen LogP contribution in [0.4, 0.5) is 0 Å². The molecule has 0 nitrogen and oxygen atoms in total. The fourth-order valence-electron chi connectivity index (χ4n) is 1.97. The molecule has 0 unspecified atom stereocenters. The van der Waals surface area contributed by atoms with Crippen LogP contribution in [0.5, 0.6) is 0 Å². The maximum atomic E-state index is 6.38. The van der Waals surface area contributed by atoms with Crippen LogP contribution in [0.1, 0.15) is 26.7 Å². The van der Waals surface area contributed by atoms with Crippen LogP contribution in [0.25, 0.3) is 0 Å². The zero-order valence-corrected chi connectivity index (χ0v) is 12.1. The predicted molar refractivity (Wildman–Crippen MR) is 68.9 cm³/mol. The molecular weight excluding hydrogens is 306 g/mol. The normalized spacial score (nSPS) is 49.9. The molecule has 0 spiro atoms. The first-order valence-electron chi connectivity index (χ1n) is 4.57. The zero-order chi connectivity index (χ0) is 11.0. The molecule has 14 heavy (non-hydrogen) atoms. The topological polar surface area (TPSA) is 0 Å². The van der Waals surface area contributed by atoms with Crippen molar-refractivity contribution in [1.82, 2.24) is 0 Å². The van der Waals surface area contributed by atoms with Gasteiger partial charge < -0.3 is 0 Å². The van der Waals surface area contributed by atoms with Gasteiger partial charge in [-0.1, -0.05) is 40.5 Å². The number of rotatable bonds is 1. The Labute approximate surface area is 109 Å². The standard InChI is InChI=1S/C10H14BrCl3/c1-9(3-4-12)6-10(2,14)8(13)5-7(9)11/h3-4,7-8H,5-6H2,1-2H3/b4-3+/t7-,8+,9-,10+/m1/s1. The molecule has 0 aliphatic heterocycles. The van der Waals surface area contributed by atoms with Gasteiger partial charge in [0.15, 0.2) is 0 Å². The molecule has 0 heterocycles. The summed E-state index contributed by atoms with van der Waals surface area (Å²) in [5.74, 6) is 0. The van der Waals surface area contributed by atoms with Crippen molar-refractivity contribution in [1.29, 1.82) is 0 Å². The van der Waals surface area contributed by atoms with Gasteiger partial charge in [0.05, 0.1) is 10.3 Å². The van der Waals surface area contributed by atoms with Crippen molar-refractivity contribution in [3.05, 3.63) is 11.6 Å². The average Bonchev–Trinajstić information content (AvgIpc) is 2.01. The van der Waals surface area contributed by atoms with E-state index in [0.29, 0.717) is 4.83 Å². The number of halogens is 4. The van der Waals surface area contributed by atoms with Crippen molar-refractivity contribution in [2.45, 2.75) is 41.8 Å². The largest absolute Gasteiger partial charge is 0.121 e. The minimum absolute atomic E-state index is 0.00495. The molecule has 0 aromatic rings. The highest BCUT2D eigenvalue weighted by molar-refractivity contribution is 9.09. The summed E-state index contributed by atoms with van der Waals surface area (Å²) in [6, 6.07) is 0. The van der Waals surface area contributed by atoms with E-state index in [1.165, 1.54) is 0 Å². The van der Waals surface area contributed by atoms with E-state index in [1.54, 1.807) is 5.54 Å². The lowest BCUT2D eigenvalue weighted by molar-refractivity contribution is 0.260. The van der Waals surface area contributed by atoms with E-state index in [2.05, 4.69) is 22.9 Å². The SMILES string of the molecule is C[C@]1(Cl)C[C@@](C)(/C=C/Cl)[C@H](Br)C[C@@H]1Cl. The molecule has 0 aromatic heterocycles. The summed E-state index contributed by atoms with van der Waals surface area (Å²) in [4.78, 5) is -0.0175. The van der Waals surface area contributed by atoms with E-state index in [-0.39, 0.29) is 15.7 Å². The lowest BCUT2D eigenvalue weighted by atomic mass is 9.71. The molecule has 4 heteroatoms. The van der Waals surface area contributed by atoms with Crippen LogP contribution in [0.15, 0.2) is 11.6 Å². The maximum Gasteiger partial charge on any atom is 0.0590 e. The van der Waals surface area contributed by atoms with E-state index in [9.17, 15) is 0 Å². The third-order valence-corrected chi connectivity index (χ3v) is 5.67. The van der Waals surface area contributed by atoms with Crippen LogP contribution >= 0.6 is 50.7 Å². The lowest BCUT2D eigenvalue weighted by Crippen LogP contribution is -2.46. The second-order valence-electron chi connectivity index (χ2n) is 4.42. The predicted octanol–water partition coefficient (Wildman–Crippen LogP) is 4.91. The molecule has 0 saturated heterocycles. The van der Waals surface area contributed by atoms with Gasteiger partial charge in [0, 0.05) is 15.8 Å². The Morgan fingerprint density at radius 3 is 2.50 bits per heavy atom. The summed E-state index contributed by atoms with van der Waals surface area (Å²) in [5.41, 5.74) is 1.55. The zero-order valence-electron chi connectivity index (χ0n) is 8.24. The molecule has 1 fully saturated rings. The van der Waals surface area contributed by atoms with Crippen LogP contribution in [-0.2, 0) is 0 Å². The first-order chi connectivity index (χ1) is 6.32. The number of hydrogen-bond acceptors (Lipinski definition) is 0. The van der Waals surface area contributed by atoms with Crippen molar-refractivity contribution < 1.29 is 0 Å². The highest BCUT2D eigenvalue weighted by Gasteiger charge is 2.47. The van der Waals surface area contributed by atoms with Gasteiger partial charge in [-0.15, -0.1) is 23.2 Å². The third kappa shape index (κ3) is 2.61. The molecule has 1 rings (SSSR count). The molecule has 1 aliphatic carbocycles. The lowest BCUT2D eigenvalue weighted by Gasteiger charge is -2.46.